The first-order valence-corrected chi connectivity index (χ1v) is 8.34. The van der Waals surface area contributed by atoms with Crippen LogP contribution in [0.4, 0.5) is 5.69 Å². The summed E-state index contributed by atoms with van der Waals surface area (Å²) in [6, 6.07) is 18.0. The van der Waals surface area contributed by atoms with E-state index in [2.05, 4.69) is 15.6 Å². The minimum absolute atomic E-state index is 0.275. The molecule has 26 heavy (non-hydrogen) atoms. The van der Waals surface area contributed by atoms with Crippen molar-refractivity contribution >= 4 is 29.1 Å². The van der Waals surface area contributed by atoms with E-state index in [1.807, 2.05) is 30.3 Å². The first-order chi connectivity index (χ1) is 12.6. The summed E-state index contributed by atoms with van der Waals surface area (Å²) in [4.78, 5) is 28.7. The van der Waals surface area contributed by atoms with Crippen LogP contribution in [0.25, 0.3) is 0 Å². The lowest BCUT2D eigenvalue weighted by molar-refractivity contribution is 0.0950. The number of pyridine rings is 1. The molecule has 3 rings (SSSR count). The van der Waals surface area contributed by atoms with E-state index in [4.69, 9.17) is 11.6 Å². The largest absolute Gasteiger partial charge is 0.348 e. The molecule has 0 saturated carbocycles. The van der Waals surface area contributed by atoms with E-state index in [0.29, 0.717) is 22.8 Å². The molecule has 0 aliphatic heterocycles. The highest BCUT2D eigenvalue weighted by molar-refractivity contribution is 6.33. The third-order valence-electron chi connectivity index (χ3n) is 3.68. The molecule has 2 N–H and O–H groups in total. The van der Waals surface area contributed by atoms with Crippen LogP contribution >= 0.6 is 11.6 Å². The van der Waals surface area contributed by atoms with Gasteiger partial charge in [-0.15, -0.1) is 0 Å². The fourth-order valence-electron chi connectivity index (χ4n) is 2.33. The standard InChI is InChI=1S/C20H16ClN3O2/c21-17-8-4-5-9-18(17)24-20(26)16-10-15(12-22-13-16)19(25)23-11-14-6-2-1-3-7-14/h1-10,12-13H,11H2,(H,23,25)(H,24,26). The number of halogens is 1. The molecule has 0 unspecified atom stereocenters. The molecule has 5 nitrogen and oxygen atoms in total. The van der Waals surface area contributed by atoms with Gasteiger partial charge in [0.15, 0.2) is 0 Å². The molecule has 130 valence electrons. The molecular weight excluding hydrogens is 350 g/mol. The number of hydrogen-bond acceptors (Lipinski definition) is 3. The van der Waals surface area contributed by atoms with Gasteiger partial charge in [0.1, 0.15) is 0 Å². The minimum atomic E-state index is -0.386. The van der Waals surface area contributed by atoms with Crippen molar-refractivity contribution in [2.45, 2.75) is 6.54 Å². The predicted molar refractivity (Wildman–Crippen MR) is 101 cm³/mol. The number of carbonyl (C=O) groups is 2. The van der Waals surface area contributed by atoms with Crippen LogP contribution in [0.15, 0.2) is 73.1 Å². The molecule has 1 heterocycles. The van der Waals surface area contributed by atoms with Gasteiger partial charge in [-0.1, -0.05) is 54.1 Å². The average Bonchev–Trinajstić information content (AvgIpc) is 2.69. The smallest absolute Gasteiger partial charge is 0.257 e. The zero-order chi connectivity index (χ0) is 18.4. The van der Waals surface area contributed by atoms with E-state index in [9.17, 15) is 9.59 Å². The Balaban J connectivity index is 1.68. The van der Waals surface area contributed by atoms with Gasteiger partial charge in [-0.2, -0.15) is 0 Å². The number of aromatic nitrogens is 1. The first kappa shape index (κ1) is 17.6. The van der Waals surface area contributed by atoms with Gasteiger partial charge in [-0.25, -0.2) is 0 Å². The summed E-state index contributed by atoms with van der Waals surface area (Å²) in [6.45, 7) is 0.399. The lowest BCUT2D eigenvalue weighted by atomic mass is 10.1. The monoisotopic (exact) mass is 365 g/mol. The van der Waals surface area contributed by atoms with E-state index in [1.54, 1.807) is 24.3 Å². The maximum Gasteiger partial charge on any atom is 0.257 e. The summed E-state index contributed by atoms with van der Waals surface area (Å²) in [7, 11) is 0. The number of rotatable bonds is 5. The van der Waals surface area contributed by atoms with Crippen LogP contribution < -0.4 is 10.6 Å². The first-order valence-electron chi connectivity index (χ1n) is 7.96. The van der Waals surface area contributed by atoms with Gasteiger partial charge in [-0.05, 0) is 23.8 Å². The normalized spacial score (nSPS) is 10.2. The van der Waals surface area contributed by atoms with Crippen molar-refractivity contribution in [2.75, 3.05) is 5.32 Å². The van der Waals surface area contributed by atoms with Crippen molar-refractivity contribution in [2.24, 2.45) is 0 Å². The number of anilines is 1. The number of amides is 2. The van der Waals surface area contributed by atoms with E-state index in [1.165, 1.54) is 18.5 Å². The molecule has 0 fully saturated rings. The van der Waals surface area contributed by atoms with Crippen molar-refractivity contribution in [3.63, 3.8) is 0 Å². The summed E-state index contributed by atoms with van der Waals surface area (Å²) in [5.41, 5.74) is 2.07. The molecule has 0 saturated heterocycles. The van der Waals surface area contributed by atoms with Gasteiger partial charge in [0, 0.05) is 18.9 Å². The second-order valence-corrected chi connectivity index (χ2v) is 5.97. The summed E-state index contributed by atoms with van der Waals surface area (Å²) >= 11 is 6.04. The number of nitrogens with one attached hydrogen (secondary N) is 2. The highest BCUT2D eigenvalue weighted by Gasteiger charge is 2.12. The second-order valence-electron chi connectivity index (χ2n) is 5.56. The fraction of sp³-hybridized carbons (Fsp3) is 0.0500. The lowest BCUT2D eigenvalue weighted by Crippen LogP contribution is -2.23. The van der Waals surface area contributed by atoms with Crippen molar-refractivity contribution in [1.29, 1.82) is 0 Å². The zero-order valence-electron chi connectivity index (χ0n) is 13.8. The van der Waals surface area contributed by atoms with Crippen LogP contribution in [0.5, 0.6) is 0 Å². The topological polar surface area (TPSA) is 71.1 Å². The molecule has 3 aromatic rings. The third kappa shape index (κ3) is 4.46. The van der Waals surface area contributed by atoms with Gasteiger partial charge in [0.05, 0.1) is 21.8 Å². The minimum Gasteiger partial charge on any atom is -0.348 e. The molecule has 6 heteroatoms. The van der Waals surface area contributed by atoms with Gasteiger partial charge < -0.3 is 10.6 Å². The molecule has 2 aromatic carbocycles. The van der Waals surface area contributed by atoms with Crippen LogP contribution in [0, 0.1) is 0 Å². The Hall–Kier alpha value is -3.18. The average molecular weight is 366 g/mol. The van der Waals surface area contributed by atoms with E-state index in [-0.39, 0.29) is 17.4 Å². The summed E-state index contributed by atoms with van der Waals surface area (Å²) in [5.74, 6) is -0.683. The van der Waals surface area contributed by atoms with Crippen LogP contribution in [-0.4, -0.2) is 16.8 Å². The summed E-state index contributed by atoms with van der Waals surface area (Å²) < 4.78 is 0. The Bertz CT molecular complexity index is 929. The van der Waals surface area contributed by atoms with E-state index >= 15 is 0 Å². The van der Waals surface area contributed by atoms with Gasteiger partial charge in [0.25, 0.3) is 11.8 Å². The predicted octanol–water partition coefficient (Wildman–Crippen LogP) is 3.92. The molecule has 0 aliphatic carbocycles. The van der Waals surface area contributed by atoms with Crippen LogP contribution in [0.2, 0.25) is 5.02 Å². The lowest BCUT2D eigenvalue weighted by Gasteiger charge is -2.08. The molecule has 1 aromatic heterocycles. The van der Waals surface area contributed by atoms with Gasteiger partial charge in [0.2, 0.25) is 0 Å². The number of para-hydroxylation sites is 1. The molecule has 0 bridgehead atoms. The molecular formula is C20H16ClN3O2. The van der Waals surface area contributed by atoms with E-state index in [0.717, 1.165) is 5.56 Å². The second kappa shape index (κ2) is 8.27. The van der Waals surface area contributed by atoms with Crippen LogP contribution in [0.3, 0.4) is 0 Å². The van der Waals surface area contributed by atoms with Gasteiger partial charge >= 0.3 is 0 Å². The number of carbonyl (C=O) groups excluding carboxylic acids is 2. The molecule has 0 aliphatic rings. The van der Waals surface area contributed by atoms with Crippen LogP contribution in [-0.2, 0) is 6.54 Å². The maximum atomic E-state index is 12.4. The fourth-order valence-corrected chi connectivity index (χ4v) is 2.51. The van der Waals surface area contributed by atoms with Crippen molar-refractivity contribution < 1.29 is 9.59 Å². The van der Waals surface area contributed by atoms with E-state index < -0.39 is 0 Å². The maximum absolute atomic E-state index is 12.4. The molecule has 2 amide bonds. The summed E-state index contributed by atoms with van der Waals surface area (Å²) in [5, 5.41) is 5.95. The van der Waals surface area contributed by atoms with Crippen molar-refractivity contribution in [3.05, 3.63) is 94.8 Å². The number of nitrogens with zero attached hydrogens (tertiary/aromatic N) is 1. The quantitative estimate of drug-likeness (QED) is 0.720. The molecule has 0 spiro atoms. The molecule has 0 atom stereocenters. The third-order valence-corrected chi connectivity index (χ3v) is 4.01. The Morgan fingerprint density at radius 3 is 2.27 bits per heavy atom. The Kier molecular flexibility index (Phi) is 5.61. The Morgan fingerprint density at radius 2 is 1.54 bits per heavy atom. The number of benzene rings is 2. The highest BCUT2D eigenvalue weighted by atomic mass is 35.5. The van der Waals surface area contributed by atoms with Crippen LogP contribution in [0.1, 0.15) is 26.3 Å². The summed E-state index contributed by atoms with van der Waals surface area (Å²) in [6.07, 6.45) is 2.83. The zero-order valence-corrected chi connectivity index (χ0v) is 14.5. The SMILES string of the molecule is O=C(NCc1ccccc1)c1cncc(C(=O)Nc2ccccc2Cl)c1. The van der Waals surface area contributed by atoms with Gasteiger partial charge in [-0.3, -0.25) is 14.6 Å². The van der Waals surface area contributed by atoms with Crippen molar-refractivity contribution in [1.82, 2.24) is 10.3 Å². The Labute approximate surface area is 156 Å². The molecule has 0 radical (unpaired) electrons. The van der Waals surface area contributed by atoms with Crippen molar-refractivity contribution in [3.8, 4) is 0 Å². The Morgan fingerprint density at radius 1 is 0.885 bits per heavy atom. The number of hydrogen-bond donors (Lipinski definition) is 2. The highest BCUT2D eigenvalue weighted by Crippen LogP contribution is 2.21.